The molecule has 3 atom stereocenters. The van der Waals surface area contributed by atoms with Crippen LogP contribution in [0.3, 0.4) is 0 Å². The SMILES string of the molecule is CCOC(=O)C1C2c3ccccc3OC1(C)N=c1s/c(=C/c3ccccc3Cl)c(=O)n12. The highest BCUT2D eigenvalue weighted by atomic mass is 35.5. The lowest BCUT2D eigenvalue weighted by molar-refractivity contribution is -0.160. The first-order valence-corrected chi connectivity index (χ1v) is 11.1. The number of hydrogen-bond acceptors (Lipinski definition) is 6. The fourth-order valence-electron chi connectivity index (χ4n) is 4.27. The zero-order valence-electron chi connectivity index (χ0n) is 16.9. The Morgan fingerprint density at radius 2 is 2.03 bits per heavy atom. The fraction of sp³-hybridized carbons (Fsp3) is 0.261. The van der Waals surface area contributed by atoms with Gasteiger partial charge in [-0.05, 0) is 37.6 Å². The van der Waals surface area contributed by atoms with Crippen molar-refractivity contribution in [3.8, 4) is 5.75 Å². The van der Waals surface area contributed by atoms with E-state index >= 15 is 0 Å². The van der Waals surface area contributed by atoms with Crippen molar-refractivity contribution in [3.05, 3.63) is 84.4 Å². The summed E-state index contributed by atoms with van der Waals surface area (Å²) in [6.07, 6.45) is 1.76. The van der Waals surface area contributed by atoms with E-state index < -0.39 is 23.7 Å². The van der Waals surface area contributed by atoms with Gasteiger partial charge in [0.25, 0.3) is 5.56 Å². The largest absolute Gasteiger partial charge is 0.466 e. The van der Waals surface area contributed by atoms with E-state index in [9.17, 15) is 9.59 Å². The van der Waals surface area contributed by atoms with Crippen LogP contribution < -0.4 is 19.6 Å². The van der Waals surface area contributed by atoms with Crippen LogP contribution in [0.4, 0.5) is 0 Å². The number of nitrogens with zero attached hydrogens (tertiary/aromatic N) is 2. The molecule has 2 bridgehead atoms. The summed E-state index contributed by atoms with van der Waals surface area (Å²) < 4.78 is 13.6. The second-order valence-corrected chi connectivity index (χ2v) is 8.99. The minimum atomic E-state index is -1.18. The van der Waals surface area contributed by atoms with Crippen LogP contribution >= 0.6 is 22.9 Å². The van der Waals surface area contributed by atoms with E-state index in [1.165, 1.54) is 11.3 Å². The Kier molecular flexibility index (Phi) is 4.75. The molecule has 0 amide bonds. The highest BCUT2D eigenvalue weighted by molar-refractivity contribution is 7.07. The summed E-state index contributed by atoms with van der Waals surface area (Å²) in [5.74, 6) is -0.608. The highest BCUT2D eigenvalue weighted by Gasteiger charge is 2.55. The molecule has 6 nitrogen and oxygen atoms in total. The van der Waals surface area contributed by atoms with Crippen molar-refractivity contribution >= 4 is 35.0 Å². The lowest BCUT2D eigenvalue weighted by atomic mass is 9.81. The maximum absolute atomic E-state index is 13.5. The van der Waals surface area contributed by atoms with E-state index in [1.807, 2.05) is 42.5 Å². The second kappa shape index (κ2) is 7.35. The smallest absolute Gasteiger partial charge is 0.317 e. The van der Waals surface area contributed by atoms with Gasteiger partial charge in [0.15, 0.2) is 4.80 Å². The summed E-state index contributed by atoms with van der Waals surface area (Å²) in [6.45, 7) is 3.75. The van der Waals surface area contributed by atoms with Gasteiger partial charge in [0.1, 0.15) is 11.7 Å². The summed E-state index contributed by atoms with van der Waals surface area (Å²) in [5, 5.41) is 0.555. The molecule has 2 aromatic carbocycles. The van der Waals surface area contributed by atoms with Crippen LogP contribution in [-0.2, 0) is 9.53 Å². The topological polar surface area (TPSA) is 69.9 Å². The van der Waals surface area contributed by atoms with E-state index in [0.29, 0.717) is 20.1 Å². The van der Waals surface area contributed by atoms with Gasteiger partial charge in [-0.3, -0.25) is 14.2 Å². The summed E-state index contributed by atoms with van der Waals surface area (Å²) in [6, 6.07) is 14.2. The van der Waals surface area contributed by atoms with Gasteiger partial charge in [-0.15, -0.1) is 0 Å². The molecule has 0 fully saturated rings. The van der Waals surface area contributed by atoms with Gasteiger partial charge in [-0.25, -0.2) is 4.99 Å². The number of esters is 1. The number of carbonyl (C=O) groups is 1. The number of ether oxygens (including phenoxy) is 2. The Morgan fingerprint density at radius 3 is 2.81 bits per heavy atom. The van der Waals surface area contributed by atoms with Crippen molar-refractivity contribution in [1.82, 2.24) is 4.57 Å². The Balaban J connectivity index is 1.79. The summed E-state index contributed by atoms with van der Waals surface area (Å²) in [7, 11) is 0. The minimum absolute atomic E-state index is 0.221. The van der Waals surface area contributed by atoms with Crippen LogP contribution in [0.25, 0.3) is 6.08 Å². The maximum atomic E-state index is 13.5. The monoisotopic (exact) mass is 454 g/mol. The number of para-hydroxylation sites is 1. The summed E-state index contributed by atoms with van der Waals surface area (Å²) in [4.78, 5) is 31.7. The number of halogens is 1. The molecule has 0 radical (unpaired) electrons. The van der Waals surface area contributed by atoms with Crippen LogP contribution in [-0.4, -0.2) is 22.9 Å². The standard InChI is InChI=1S/C23H19ClN2O4S/c1-3-29-21(28)18-19-14-9-5-7-11-16(14)30-23(18,2)25-22-26(19)20(27)17(31-22)12-13-8-4-6-10-15(13)24/h4-12,18-19H,3H2,1-2H3/b17-12+. The number of benzene rings is 2. The van der Waals surface area contributed by atoms with Crippen LogP contribution in [0.1, 0.15) is 31.0 Å². The van der Waals surface area contributed by atoms with Gasteiger partial charge in [0.05, 0.1) is 17.2 Å². The third-order valence-electron chi connectivity index (χ3n) is 5.61. The quantitative estimate of drug-likeness (QED) is 0.570. The van der Waals surface area contributed by atoms with E-state index in [1.54, 1.807) is 30.6 Å². The first-order chi connectivity index (χ1) is 14.9. The molecule has 1 aromatic heterocycles. The molecule has 3 heterocycles. The molecule has 8 heteroatoms. The molecule has 5 rings (SSSR count). The number of fused-ring (bicyclic) bond motifs is 6. The zero-order chi connectivity index (χ0) is 21.8. The van der Waals surface area contributed by atoms with Crippen molar-refractivity contribution < 1.29 is 14.3 Å². The third-order valence-corrected chi connectivity index (χ3v) is 6.94. The van der Waals surface area contributed by atoms with Crippen molar-refractivity contribution in [2.75, 3.05) is 6.61 Å². The number of hydrogen-bond donors (Lipinski definition) is 0. The van der Waals surface area contributed by atoms with Crippen LogP contribution in [0.5, 0.6) is 5.75 Å². The highest BCUT2D eigenvalue weighted by Crippen LogP contribution is 2.47. The van der Waals surface area contributed by atoms with Gasteiger partial charge in [-0.1, -0.05) is 59.3 Å². The van der Waals surface area contributed by atoms with Crippen molar-refractivity contribution in [2.45, 2.75) is 25.6 Å². The Morgan fingerprint density at radius 1 is 1.29 bits per heavy atom. The summed E-state index contributed by atoms with van der Waals surface area (Å²) in [5.41, 5.74) is 0.109. The zero-order valence-corrected chi connectivity index (χ0v) is 18.4. The normalized spacial score (nSPS) is 23.9. The van der Waals surface area contributed by atoms with E-state index in [0.717, 1.165) is 11.1 Å². The van der Waals surface area contributed by atoms with Crippen LogP contribution in [0, 0.1) is 5.92 Å². The van der Waals surface area contributed by atoms with Crippen LogP contribution in [0.2, 0.25) is 5.02 Å². The number of thiazole rings is 1. The molecule has 0 N–H and O–H groups in total. The number of aromatic nitrogens is 1. The fourth-order valence-corrected chi connectivity index (χ4v) is 5.55. The van der Waals surface area contributed by atoms with E-state index in [2.05, 4.69) is 0 Å². The maximum Gasteiger partial charge on any atom is 0.317 e. The van der Waals surface area contributed by atoms with E-state index in [-0.39, 0.29) is 12.2 Å². The average molecular weight is 455 g/mol. The van der Waals surface area contributed by atoms with Gasteiger partial charge < -0.3 is 9.47 Å². The molecule has 2 aliphatic heterocycles. The molecule has 0 saturated heterocycles. The Hall–Kier alpha value is -2.90. The molecule has 0 saturated carbocycles. The minimum Gasteiger partial charge on any atom is -0.466 e. The van der Waals surface area contributed by atoms with Gasteiger partial charge in [-0.2, -0.15) is 0 Å². The van der Waals surface area contributed by atoms with Gasteiger partial charge in [0, 0.05) is 10.6 Å². The third kappa shape index (κ3) is 3.11. The lowest BCUT2D eigenvalue weighted by Gasteiger charge is -2.44. The molecule has 3 aromatic rings. The van der Waals surface area contributed by atoms with Crippen molar-refractivity contribution in [2.24, 2.45) is 10.9 Å². The molecule has 0 aliphatic carbocycles. The molecule has 158 valence electrons. The molecule has 31 heavy (non-hydrogen) atoms. The summed E-state index contributed by atoms with van der Waals surface area (Å²) >= 11 is 7.55. The first kappa shape index (κ1) is 20.0. The molecule has 2 aliphatic rings. The lowest BCUT2D eigenvalue weighted by Crippen LogP contribution is -2.58. The molecule has 0 spiro atoms. The molecular formula is C23H19ClN2O4S. The van der Waals surface area contributed by atoms with Crippen LogP contribution in [0.15, 0.2) is 58.3 Å². The van der Waals surface area contributed by atoms with E-state index in [4.69, 9.17) is 26.1 Å². The predicted octanol–water partition coefficient (Wildman–Crippen LogP) is 2.90. The van der Waals surface area contributed by atoms with Crippen molar-refractivity contribution in [1.29, 1.82) is 0 Å². The Bertz CT molecular complexity index is 1380. The van der Waals surface area contributed by atoms with Gasteiger partial charge >= 0.3 is 5.97 Å². The number of carbonyl (C=O) groups excluding carboxylic acids is 1. The second-order valence-electron chi connectivity index (χ2n) is 7.57. The predicted molar refractivity (Wildman–Crippen MR) is 118 cm³/mol. The first-order valence-electron chi connectivity index (χ1n) is 9.95. The number of rotatable bonds is 3. The molecule has 3 unspecified atom stereocenters. The van der Waals surface area contributed by atoms with Crippen molar-refractivity contribution in [3.63, 3.8) is 0 Å². The van der Waals surface area contributed by atoms with Gasteiger partial charge in [0.2, 0.25) is 5.72 Å². The molecular weight excluding hydrogens is 436 g/mol. The Labute approximate surface area is 187 Å². The average Bonchev–Trinajstić information content (AvgIpc) is 3.03.